The second kappa shape index (κ2) is 9.04. The normalized spacial score (nSPS) is 10.9. The lowest BCUT2D eigenvalue weighted by molar-refractivity contribution is -0.145. The van der Waals surface area contributed by atoms with E-state index in [0.29, 0.717) is 24.0 Å². The Labute approximate surface area is 181 Å². The van der Waals surface area contributed by atoms with E-state index in [0.717, 1.165) is 15.6 Å². The zero-order chi connectivity index (χ0) is 20.9. The number of ether oxygens (including phenoxy) is 1. The molecular weight excluding hydrogens is 450 g/mol. The first-order valence-electron chi connectivity index (χ1n) is 9.32. The molecular formula is C22H18BrN3O4. The van der Waals surface area contributed by atoms with E-state index in [1.165, 1.54) is 5.56 Å². The van der Waals surface area contributed by atoms with Gasteiger partial charge in [0.05, 0.1) is 12.6 Å². The minimum Gasteiger partial charge on any atom is -0.456 e. The summed E-state index contributed by atoms with van der Waals surface area (Å²) in [6, 6.07) is 15.4. The van der Waals surface area contributed by atoms with Crippen molar-refractivity contribution in [3.8, 4) is 22.8 Å². The predicted molar refractivity (Wildman–Crippen MR) is 112 cm³/mol. The van der Waals surface area contributed by atoms with Crippen LogP contribution in [0.15, 0.2) is 68.0 Å². The van der Waals surface area contributed by atoms with Crippen molar-refractivity contribution in [1.82, 2.24) is 15.2 Å². The highest BCUT2D eigenvalue weighted by Gasteiger charge is 2.13. The third kappa shape index (κ3) is 5.01. The van der Waals surface area contributed by atoms with Crippen molar-refractivity contribution in [3.05, 3.63) is 76.5 Å². The Balaban J connectivity index is 1.27. The average Bonchev–Trinajstić information content (AvgIpc) is 3.42. The van der Waals surface area contributed by atoms with Gasteiger partial charge in [0, 0.05) is 22.0 Å². The molecule has 0 aliphatic heterocycles. The standard InChI is InChI=1S/C22H18BrN3O4/c1-14-2-4-15(5-3-14)18-12-24-19(29-18)10-11-21(27)28-13-20-25-26-22(30-20)16-6-8-17(23)9-7-16/h2-9,12H,10-11,13H2,1H3. The van der Waals surface area contributed by atoms with Crippen molar-refractivity contribution in [1.29, 1.82) is 0 Å². The summed E-state index contributed by atoms with van der Waals surface area (Å²) in [4.78, 5) is 16.3. The summed E-state index contributed by atoms with van der Waals surface area (Å²) < 4.78 is 17.4. The fraction of sp³-hybridized carbons (Fsp3) is 0.182. The van der Waals surface area contributed by atoms with Gasteiger partial charge in [-0.3, -0.25) is 4.79 Å². The van der Waals surface area contributed by atoms with Crippen LogP contribution in [0.25, 0.3) is 22.8 Å². The molecule has 4 rings (SSSR count). The average molecular weight is 468 g/mol. The number of rotatable bonds is 7. The lowest BCUT2D eigenvalue weighted by Gasteiger charge is -2.01. The first-order valence-corrected chi connectivity index (χ1v) is 10.1. The molecule has 0 radical (unpaired) electrons. The van der Waals surface area contributed by atoms with Gasteiger partial charge in [-0.15, -0.1) is 10.2 Å². The Hall–Kier alpha value is -3.26. The van der Waals surface area contributed by atoms with Gasteiger partial charge in [-0.05, 0) is 31.2 Å². The van der Waals surface area contributed by atoms with Crippen molar-refractivity contribution < 1.29 is 18.4 Å². The maximum absolute atomic E-state index is 12.0. The predicted octanol–water partition coefficient (Wildman–Crippen LogP) is 5.14. The monoisotopic (exact) mass is 467 g/mol. The zero-order valence-corrected chi connectivity index (χ0v) is 17.8. The van der Waals surface area contributed by atoms with Crippen LogP contribution in [0, 0.1) is 6.92 Å². The molecule has 0 N–H and O–H groups in total. The molecule has 0 bridgehead atoms. The van der Waals surface area contributed by atoms with Gasteiger partial charge in [-0.2, -0.15) is 0 Å². The fourth-order valence-electron chi connectivity index (χ4n) is 2.72. The van der Waals surface area contributed by atoms with E-state index in [2.05, 4.69) is 31.1 Å². The van der Waals surface area contributed by atoms with Crippen molar-refractivity contribution in [2.24, 2.45) is 0 Å². The minimum absolute atomic E-state index is 0.0808. The number of hydrogen-bond acceptors (Lipinski definition) is 7. The van der Waals surface area contributed by atoms with Crippen LogP contribution in [0.4, 0.5) is 0 Å². The number of carbonyl (C=O) groups excluding carboxylic acids is 1. The Bertz CT molecular complexity index is 1040. The molecule has 152 valence electrons. The first kappa shape index (κ1) is 20.0. The molecule has 0 saturated heterocycles. The van der Waals surface area contributed by atoms with Crippen molar-refractivity contribution in [3.63, 3.8) is 0 Å². The first-order chi connectivity index (χ1) is 14.6. The number of hydrogen-bond donors (Lipinski definition) is 0. The van der Waals surface area contributed by atoms with Crippen molar-refractivity contribution in [2.75, 3.05) is 0 Å². The largest absolute Gasteiger partial charge is 0.456 e. The van der Waals surface area contributed by atoms with E-state index in [1.54, 1.807) is 6.20 Å². The smallest absolute Gasteiger partial charge is 0.306 e. The third-order valence-electron chi connectivity index (χ3n) is 4.35. The minimum atomic E-state index is -0.395. The Morgan fingerprint density at radius 2 is 1.70 bits per heavy atom. The number of oxazole rings is 1. The lowest BCUT2D eigenvalue weighted by atomic mass is 10.1. The topological polar surface area (TPSA) is 91.2 Å². The Kier molecular flexibility index (Phi) is 6.04. The van der Waals surface area contributed by atoms with Gasteiger partial charge in [0.25, 0.3) is 5.89 Å². The molecule has 2 aromatic heterocycles. The summed E-state index contributed by atoms with van der Waals surface area (Å²) in [5.41, 5.74) is 2.91. The molecule has 30 heavy (non-hydrogen) atoms. The van der Waals surface area contributed by atoms with Crippen LogP contribution in [0.3, 0.4) is 0 Å². The molecule has 0 spiro atoms. The maximum Gasteiger partial charge on any atom is 0.306 e. The molecule has 0 amide bonds. The number of nitrogens with zero attached hydrogens (tertiary/aromatic N) is 3. The molecule has 0 unspecified atom stereocenters. The Morgan fingerprint density at radius 3 is 2.47 bits per heavy atom. The van der Waals surface area contributed by atoms with Crippen LogP contribution in [0.5, 0.6) is 0 Å². The number of carbonyl (C=O) groups is 1. The molecule has 0 aliphatic carbocycles. The van der Waals surface area contributed by atoms with Crippen molar-refractivity contribution in [2.45, 2.75) is 26.4 Å². The van der Waals surface area contributed by atoms with Crippen LogP contribution < -0.4 is 0 Å². The van der Waals surface area contributed by atoms with E-state index in [4.69, 9.17) is 13.6 Å². The summed E-state index contributed by atoms with van der Waals surface area (Å²) in [6.07, 6.45) is 2.15. The fourth-order valence-corrected chi connectivity index (χ4v) is 2.99. The van der Waals surface area contributed by atoms with Gasteiger partial charge in [0.15, 0.2) is 18.3 Å². The van der Waals surface area contributed by atoms with E-state index in [9.17, 15) is 4.79 Å². The highest BCUT2D eigenvalue weighted by atomic mass is 79.9. The molecule has 2 heterocycles. The number of benzene rings is 2. The summed E-state index contributed by atoms with van der Waals surface area (Å²) in [5.74, 6) is 1.37. The molecule has 0 fully saturated rings. The Morgan fingerprint density at radius 1 is 0.967 bits per heavy atom. The van der Waals surface area contributed by atoms with Crippen molar-refractivity contribution >= 4 is 21.9 Å². The second-order valence-corrected chi connectivity index (χ2v) is 7.57. The summed E-state index contributed by atoms with van der Waals surface area (Å²) in [6.45, 7) is 1.94. The van der Waals surface area contributed by atoms with E-state index < -0.39 is 5.97 Å². The zero-order valence-electron chi connectivity index (χ0n) is 16.2. The molecule has 4 aromatic rings. The van der Waals surface area contributed by atoms with Gasteiger partial charge >= 0.3 is 5.97 Å². The van der Waals surface area contributed by atoms with Gasteiger partial charge in [0.2, 0.25) is 5.89 Å². The molecule has 0 saturated carbocycles. The molecule has 8 heteroatoms. The van der Waals surface area contributed by atoms with Crippen LogP contribution >= 0.6 is 15.9 Å². The van der Waals surface area contributed by atoms with Gasteiger partial charge in [0.1, 0.15) is 0 Å². The van der Waals surface area contributed by atoms with E-state index in [-0.39, 0.29) is 18.9 Å². The molecule has 7 nitrogen and oxygen atoms in total. The second-order valence-electron chi connectivity index (χ2n) is 6.65. The number of halogens is 1. The summed E-state index contributed by atoms with van der Waals surface area (Å²) in [7, 11) is 0. The summed E-state index contributed by atoms with van der Waals surface area (Å²) >= 11 is 3.38. The molecule has 2 aromatic carbocycles. The third-order valence-corrected chi connectivity index (χ3v) is 4.88. The number of esters is 1. The number of aryl methyl sites for hydroxylation is 2. The van der Waals surface area contributed by atoms with Crippen LogP contribution in [0.1, 0.15) is 23.8 Å². The van der Waals surface area contributed by atoms with E-state index >= 15 is 0 Å². The quantitative estimate of drug-likeness (QED) is 0.347. The number of aromatic nitrogens is 3. The van der Waals surface area contributed by atoms with E-state index in [1.807, 2.05) is 55.5 Å². The van der Waals surface area contributed by atoms with Crippen LogP contribution in [-0.2, 0) is 22.6 Å². The van der Waals surface area contributed by atoms with Gasteiger partial charge < -0.3 is 13.6 Å². The van der Waals surface area contributed by atoms with Crippen LogP contribution in [0.2, 0.25) is 0 Å². The maximum atomic E-state index is 12.0. The van der Waals surface area contributed by atoms with Crippen LogP contribution in [-0.4, -0.2) is 21.2 Å². The van der Waals surface area contributed by atoms with Gasteiger partial charge in [-0.25, -0.2) is 4.98 Å². The van der Waals surface area contributed by atoms with Gasteiger partial charge in [-0.1, -0.05) is 45.8 Å². The summed E-state index contributed by atoms with van der Waals surface area (Å²) in [5, 5.41) is 7.89. The highest BCUT2D eigenvalue weighted by Crippen LogP contribution is 2.22. The lowest BCUT2D eigenvalue weighted by Crippen LogP contribution is -2.06. The molecule has 0 atom stereocenters. The highest BCUT2D eigenvalue weighted by molar-refractivity contribution is 9.10. The SMILES string of the molecule is Cc1ccc(-c2cnc(CCC(=O)OCc3nnc(-c4ccc(Br)cc4)o3)o2)cc1. The molecule has 0 aliphatic rings.